The molecule has 22 heavy (non-hydrogen) atoms. The molecular formula is C17H18FN3O. The largest absolute Gasteiger partial charge is 0.337 e. The van der Waals surface area contributed by atoms with Crippen LogP contribution in [0, 0.1) is 5.82 Å². The van der Waals surface area contributed by atoms with Gasteiger partial charge in [-0.1, -0.05) is 0 Å². The summed E-state index contributed by atoms with van der Waals surface area (Å²) < 4.78 is 13.6. The van der Waals surface area contributed by atoms with Gasteiger partial charge in [-0.3, -0.25) is 9.78 Å². The summed E-state index contributed by atoms with van der Waals surface area (Å²) >= 11 is 0. The third-order valence-electron chi connectivity index (χ3n) is 4.53. The Morgan fingerprint density at radius 2 is 2.09 bits per heavy atom. The lowest BCUT2D eigenvalue weighted by molar-refractivity contribution is 0.0792. The normalized spacial score (nSPS) is 21.5. The molecule has 1 saturated heterocycles. The molecule has 0 bridgehead atoms. The number of carbonyl (C=O) groups excluding carboxylic acids is 1. The van der Waals surface area contributed by atoms with Crippen LogP contribution >= 0.6 is 0 Å². The fourth-order valence-corrected chi connectivity index (χ4v) is 3.13. The summed E-state index contributed by atoms with van der Waals surface area (Å²) in [4.78, 5) is 19.2. The van der Waals surface area contributed by atoms with Gasteiger partial charge in [0.05, 0.1) is 11.1 Å². The highest BCUT2D eigenvalue weighted by Crippen LogP contribution is 2.40. The SMILES string of the molecule is N[C@@H]1CCN(C(=O)c2cc(C3CC3)nc3ccc(F)cc23)C1. The van der Waals surface area contributed by atoms with E-state index in [1.807, 2.05) is 6.07 Å². The first-order valence-electron chi connectivity index (χ1n) is 7.77. The Morgan fingerprint density at radius 3 is 2.77 bits per heavy atom. The van der Waals surface area contributed by atoms with Crippen LogP contribution in [0.15, 0.2) is 24.3 Å². The highest BCUT2D eigenvalue weighted by atomic mass is 19.1. The summed E-state index contributed by atoms with van der Waals surface area (Å²) in [7, 11) is 0. The van der Waals surface area contributed by atoms with Gasteiger partial charge in [0, 0.05) is 36.1 Å². The molecule has 1 aromatic heterocycles. The number of rotatable bonds is 2. The highest BCUT2D eigenvalue weighted by Gasteiger charge is 2.30. The maximum absolute atomic E-state index is 13.6. The van der Waals surface area contributed by atoms with Gasteiger partial charge in [0.1, 0.15) is 5.82 Å². The number of fused-ring (bicyclic) bond motifs is 1. The Bertz CT molecular complexity index is 757. The van der Waals surface area contributed by atoms with E-state index in [1.54, 1.807) is 11.0 Å². The smallest absolute Gasteiger partial charge is 0.254 e. The minimum atomic E-state index is -0.347. The van der Waals surface area contributed by atoms with Gasteiger partial charge in [0.2, 0.25) is 0 Å². The molecule has 0 radical (unpaired) electrons. The predicted octanol–water partition coefficient (Wildman–Crippen LogP) is 2.42. The minimum Gasteiger partial charge on any atom is -0.337 e. The molecule has 2 N–H and O–H groups in total. The van der Waals surface area contributed by atoms with Crippen molar-refractivity contribution < 1.29 is 9.18 Å². The molecule has 0 unspecified atom stereocenters. The second-order valence-electron chi connectivity index (χ2n) is 6.33. The average Bonchev–Trinajstić information content (AvgIpc) is 3.27. The molecule has 2 aliphatic rings. The highest BCUT2D eigenvalue weighted by molar-refractivity contribution is 6.06. The Hall–Kier alpha value is -2.01. The zero-order chi connectivity index (χ0) is 15.3. The zero-order valence-corrected chi connectivity index (χ0v) is 12.3. The van der Waals surface area contributed by atoms with E-state index >= 15 is 0 Å². The van der Waals surface area contributed by atoms with Crippen LogP contribution in [0.5, 0.6) is 0 Å². The topological polar surface area (TPSA) is 59.2 Å². The first-order valence-corrected chi connectivity index (χ1v) is 7.77. The second-order valence-corrected chi connectivity index (χ2v) is 6.33. The van der Waals surface area contributed by atoms with E-state index < -0.39 is 0 Å². The molecule has 4 rings (SSSR count). The van der Waals surface area contributed by atoms with Gasteiger partial charge >= 0.3 is 0 Å². The van der Waals surface area contributed by atoms with Crippen LogP contribution in [-0.2, 0) is 0 Å². The second kappa shape index (κ2) is 5.02. The fraction of sp³-hybridized carbons (Fsp3) is 0.412. The number of pyridine rings is 1. The van der Waals surface area contributed by atoms with Crippen molar-refractivity contribution in [3.05, 3.63) is 41.3 Å². The molecule has 5 heteroatoms. The van der Waals surface area contributed by atoms with Gasteiger partial charge in [0.25, 0.3) is 5.91 Å². The van der Waals surface area contributed by atoms with Gasteiger partial charge in [-0.25, -0.2) is 4.39 Å². The Balaban J connectivity index is 1.83. The van der Waals surface area contributed by atoms with Crippen LogP contribution < -0.4 is 5.73 Å². The number of amides is 1. The molecule has 1 saturated carbocycles. The molecule has 114 valence electrons. The maximum atomic E-state index is 13.6. The average molecular weight is 299 g/mol. The summed E-state index contributed by atoms with van der Waals surface area (Å²) in [5, 5.41) is 0.592. The minimum absolute atomic E-state index is 0.0386. The molecule has 1 atom stereocenters. The molecule has 1 aliphatic carbocycles. The molecule has 2 heterocycles. The van der Waals surface area contributed by atoms with Gasteiger partial charge in [0.15, 0.2) is 0 Å². The standard InChI is InChI=1S/C17H18FN3O/c18-11-3-4-15-13(7-11)14(8-16(20-15)10-1-2-10)17(22)21-6-5-12(19)9-21/h3-4,7-8,10,12H,1-2,5-6,9,19H2/t12-/m1/s1. The first-order chi connectivity index (χ1) is 10.6. The molecule has 1 aliphatic heterocycles. The molecule has 1 amide bonds. The van der Waals surface area contributed by atoms with Crippen molar-refractivity contribution >= 4 is 16.8 Å². The maximum Gasteiger partial charge on any atom is 0.254 e. The summed E-state index contributed by atoms with van der Waals surface area (Å²) in [6.07, 6.45) is 3.04. The van der Waals surface area contributed by atoms with Gasteiger partial charge < -0.3 is 10.6 Å². The van der Waals surface area contributed by atoms with Crippen molar-refractivity contribution in [1.82, 2.24) is 9.88 Å². The van der Waals surface area contributed by atoms with E-state index in [4.69, 9.17) is 5.73 Å². The number of halogens is 1. The van der Waals surface area contributed by atoms with Crippen LogP contribution in [0.2, 0.25) is 0 Å². The first kappa shape index (κ1) is 13.6. The molecule has 0 spiro atoms. The number of nitrogens with two attached hydrogens (primary N) is 1. The lowest BCUT2D eigenvalue weighted by Crippen LogP contribution is -2.32. The quantitative estimate of drug-likeness (QED) is 0.926. The third-order valence-corrected chi connectivity index (χ3v) is 4.53. The molecule has 1 aromatic carbocycles. The van der Waals surface area contributed by atoms with E-state index in [-0.39, 0.29) is 17.8 Å². The fourth-order valence-electron chi connectivity index (χ4n) is 3.13. The number of hydrogen-bond acceptors (Lipinski definition) is 3. The van der Waals surface area contributed by atoms with Gasteiger partial charge in [-0.2, -0.15) is 0 Å². The lowest BCUT2D eigenvalue weighted by atomic mass is 10.0. The van der Waals surface area contributed by atoms with Crippen LogP contribution in [0.25, 0.3) is 10.9 Å². The van der Waals surface area contributed by atoms with Crippen molar-refractivity contribution in [3.8, 4) is 0 Å². The monoisotopic (exact) mass is 299 g/mol. The summed E-state index contributed by atoms with van der Waals surface area (Å²) in [6.45, 7) is 1.23. The van der Waals surface area contributed by atoms with Crippen LogP contribution in [0.3, 0.4) is 0 Å². The van der Waals surface area contributed by atoms with E-state index in [0.29, 0.717) is 35.5 Å². The summed E-state index contributed by atoms with van der Waals surface area (Å²) in [5.74, 6) is 0.0373. The molecule has 4 nitrogen and oxygen atoms in total. The molecule has 2 fully saturated rings. The van der Waals surface area contributed by atoms with Gasteiger partial charge in [-0.05, 0) is 43.5 Å². The van der Waals surface area contributed by atoms with E-state index in [9.17, 15) is 9.18 Å². The zero-order valence-electron chi connectivity index (χ0n) is 12.3. The number of hydrogen-bond donors (Lipinski definition) is 1. The number of carbonyl (C=O) groups is 1. The van der Waals surface area contributed by atoms with E-state index in [2.05, 4.69) is 4.98 Å². The molecular weight excluding hydrogens is 281 g/mol. The van der Waals surface area contributed by atoms with Crippen molar-refractivity contribution in [3.63, 3.8) is 0 Å². The number of aromatic nitrogens is 1. The van der Waals surface area contributed by atoms with Crippen molar-refractivity contribution in [2.75, 3.05) is 13.1 Å². The van der Waals surface area contributed by atoms with Crippen molar-refractivity contribution in [2.24, 2.45) is 5.73 Å². The van der Waals surface area contributed by atoms with E-state index in [0.717, 1.165) is 25.0 Å². The Kier molecular flexibility index (Phi) is 3.11. The van der Waals surface area contributed by atoms with Crippen LogP contribution in [-0.4, -0.2) is 34.9 Å². The predicted molar refractivity (Wildman–Crippen MR) is 82.2 cm³/mol. The van der Waals surface area contributed by atoms with E-state index in [1.165, 1.54) is 12.1 Å². The van der Waals surface area contributed by atoms with Crippen molar-refractivity contribution in [1.29, 1.82) is 0 Å². The van der Waals surface area contributed by atoms with Crippen molar-refractivity contribution in [2.45, 2.75) is 31.2 Å². The van der Waals surface area contributed by atoms with Crippen LogP contribution in [0.1, 0.15) is 41.2 Å². The summed E-state index contributed by atoms with van der Waals surface area (Å²) in [6, 6.07) is 6.35. The third kappa shape index (κ3) is 2.35. The molecule has 2 aromatic rings. The number of likely N-dealkylation sites (tertiary alicyclic amines) is 1. The van der Waals surface area contributed by atoms with Crippen LogP contribution in [0.4, 0.5) is 4.39 Å². The lowest BCUT2D eigenvalue weighted by Gasteiger charge is -2.18. The number of benzene rings is 1. The Morgan fingerprint density at radius 1 is 1.27 bits per heavy atom. The number of nitrogens with zero attached hydrogens (tertiary/aromatic N) is 2. The Labute approximate surface area is 128 Å². The summed E-state index contributed by atoms with van der Waals surface area (Å²) in [5.41, 5.74) is 8.10. The van der Waals surface area contributed by atoms with Gasteiger partial charge in [-0.15, -0.1) is 0 Å².